The average Bonchev–Trinajstić information content (AvgIpc) is 2.72. The molecule has 0 bridgehead atoms. The number of carboxylic acid groups (broad SMARTS) is 1. The number of esters is 3. The van der Waals surface area contributed by atoms with E-state index in [4.69, 9.17) is 14.2 Å². The topological polar surface area (TPSA) is 116 Å². The predicted molar refractivity (Wildman–Crippen MR) is 111 cm³/mol. The number of rotatable bonds is 17. The molecule has 0 rings (SSSR count). The van der Waals surface area contributed by atoms with E-state index in [0.29, 0.717) is 12.8 Å². The minimum atomic E-state index is -1.94. The van der Waals surface area contributed by atoms with Crippen LogP contribution in [0.2, 0.25) is 0 Å². The lowest BCUT2D eigenvalue weighted by molar-refractivity contribution is -0.190. The van der Waals surface area contributed by atoms with Crippen molar-refractivity contribution in [2.24, 2.45) is 5.92 Å². The summed E-state index contributed by atoms with van der Waals surface area (Å²) >= 11 is 0. The summed E-state index contributed by atoms with van der Waals surface area (Å²) in [5.41, 5.74) is 0. The van der Waals surface area contributed by atoms with Crippen LogP contribution in [0.15, 0.2) is 0 Å². The number of carbonyl (C=O) groups is 4. The highest BCUT2D eigenvalue weighted by Crippen LogP contribution is 2.16. The van der Waals surface area contributed by atoms with Crippen LogP contribution in [-0.2, 0) is 33.4 Å². The molecule has 0 aliphatic heterocycles. The first-order chi connectivity index (χ1) is 14.3. The van der Waals surface area contributed by atoms with E-state index < -0.39 is 36.1 Å². The van der Waals surface area contributed by atoms with Gasteiger partial charge in [-0.15, -0.1) is 0 Å². The van der Waals surface area contributed by atoms with Gasteiger partial charge in [-0.05, 0) is 25.2 Å². The van der Waals surface area contributed by atoms with Crippen molar-refractivity contribution in [3.63, 3.8) is 0 Å². The van der Waals surface area contributed by atoms with Crippen molar-refractivity contribution >= 4 is 23.9 Å². The molecule has 0 unspecified atom stereocenters. The molecule has 3 atom stereocenters. The number of hydrogen-bond donors (Lipinski definition) is 1. The summed E-state index contributed by atoms with van der Waals surface area (Å²) in [5.74, 6) is -3.94. The Bertz CT molecular complexity index is 531. The van der Waals surface area contributed by atoms with E-state index in [1.807, 2.05) is 20.8 Å². The minimum Gasteiger partial charge on any atom is -0.478 e. The summed E-state index contributed by atoms with van der Waals surface area (Å²) in [4.78, 5) is 48.4. The molecule has 0 spiro atoms. The Kier molecular flexibility index (Phi) is 15.5. The first kappa shape index (κ1) is 27.9. The highest BCUT2D eigenvalue weighted by molar-refractivity contribution is 5.88. The van der Waals surface area contributed by atoms with E-state index >= 15 is 0 Å². The zero-order valence-electron chi connectivity index (χ0n) is 18.8. The third-order valence-electron chi connectivity index (χ3n) is 4.74. The van der Waals surface area contributed by atoms with Crippen molar-refractivity contribution in [3.05, 3.63) is 0 Å². The Morgan fingerprint density at radius 1 is 0.767 bits per heavy atom. The molecule has 30 heavy (non-hydrogen) atoms. The van der Waals surface area contributed by atoms with Gasteiger partial charge in [-0.2, -0.15) is 0 Å². The molecule has 0 amide bonds. The Balaban J connectivity index is 5.32. The quantitative estimate of drug-likeness (QED) is 0.271. The van der Waals surface area contributed by atoms with E-state index in [1.165, 1.54) is 0 Å². The second kappa shape index (κ2) is 16.7. The van der Waals surface area contributed by atoms with Crippen molar-refractivity contribution in [1.82, 2.24) is 0 Å². The lowest BCUT2D eigenvalue weighted by Crippen LogP contribution is -2.47. The zero-order valence-corrected chi connectivity index (χ0v) is 18.8. The predicted octanol–water partition coefficient (Wildman–Crippen LogP) is 4.03. The van der Waals surface area contributed by atoms with Crippen LogP contribution in [0.5, 0.6) is 0 Å². The van der Waals surface area contributed by atoms with Crippen molar-refractivity contribution in [3.8, 4) is 0 Å². The van der Waals surface area contributed by atoms with Crippen molar-refractivity contribution < 1.29 is 38.5 Å². The van der Waals surface area contributed by atoms with Gasteiger partial charge in [0.2, 0.25) is 12.2 Å². The van der Waals surface area contributed by atoms with Gasteiger partial charge < -0.3 is 19.3 Å². The van der Waals surface area contributed by atoms with Crippen LogP contribution in [0.4, 0.5) is 0 Å². The fraction of sp³-hybridized carbons (Fsp3) is 0.818. The molecule has 0 radical (unpaired) electrons. The van der Waals surface area contributed by atoms with Crippen molar-refractivity contribution in [1.29, 1.82) is 0 Å². The van der Waals surface area contributed by atoms with Gasteiger partial charge in [-0.3, -0.25) is 9.59 Å². The molecular formula is C22H38O8. The molecule has 8 heteroatoms. The van der Waals surface area contributed by atoms with Crippen molar-refractivity contribution in [2.45, 2.75) is 104 Å². The summed E-state index contributed by atoms with van der Waals surface area (Å²) < 4.78 is 15.4. The summed E-state index contributed by atoms with van der Waals surface area (Å²) in [6.45, 7) is 7.89. The molecule has 0 aromatic carbocycles. The zero-order chi connectivity index (χ0) is 22.9. The number of hydrogen-bond acceptors (Lipinski definition) is 7. The van der Waals surface area contributed by atoms with Crippen LogP contribution in [0.3, 0.4) is 0 Å². The molecule has 8 nitrogen and oxygen atoms in total. The molecule has 0 fully saturated rings. The van der Waals surface area contributed by atoms with Crippen molar-refractivity contribution in [2.75, 3.05) is 6.61 Å². The number of carboxylic acids is 1. The standard InChI is InChI=1S/C22H38O8/c1-5-9-12-16(8-4)15-28-22(27)20(30-18(24)14-11-7-3)19(21(25)26)29-17(23)13-10-6-2/h16,19-20H,5-15H2,1-4H3,(H,25,26)/t16-,19+,20+/m0/s1. The summed E-state index contributed by atoms with van der Waals surface area (Å²) in [6.07, 6.45) is 2.44. The second-order valence-electron chi connectivity index (χ2n) is 7.41. The van der Waals surface area contributed by atoms with E-state index in [2.05, 4.69) is 6.92 Å². The Labute approximate surface area is 179 Å². The van der Waals surface area contributed by atoms with E-state index in [-0.39, 0.29) is 25.4 Å². The molecule has 174 valence electrons. The van der Waals surface area contributed by atoms with E-state index in [1.54, 1.807) is 0 Å². The maximum Gasteiger partial charge on any atom is 0.352 e. The second-order valence-corrected chi connectivity index (χ2v) is 7.41. The molecule has 0 saturated heterocycles. The lowest BCUT2D eigenvalue weighted by Gasteiger charge is -2.24. The van der Waals surface area contributed by atoms with Gasteiger partial charge in [0.05, 0.1) is 6.61 Å². The first-order valence-corrected chi connectivity index (χ1v) is 11.1. The van der Waals surface area contributed by atoms with Gasteiger partial charge in [0.25, 0.3) is 0 Å². The molecule has 0 saturated carbocycles. The first-order valence-electron chi connectivity index (χ1n) is 11.1. The number of ether oxygens (including phenoxy) is 3. The maximum absolute atomic E-state index is 12.6. The average molecular weight is 431 g/mol. The smallest absolute Gasteiger partial charge is 0.352 e. The van der Waals surface area contributed by atoms with Gasteiger partial charge >= 0.3 is 23.9 Å². The van der Waals surface area contributed by atoms with Gasteiger partial charge in [-0.1, -0.05) is 59.8 Å². The Morgan fingerprint density at radius 2 is 1.27 bits per heavy atom. The van der Waals surface area contributed by atoms with Gasteiger partial charge in [0.15, 0.2) is 0 Å². The molecular weight excluding hydrogens is 392 g/mol. The Morgan fingerprint density at radius 3 is 1.70 bits per heavy atom. The molecule has 0 aromatic heterocycles. The third kappa shape index (κ3) is 11.8. The summed E-state index contributed by atoms with van der Waals surface area (Å²) in [5, 5.41) is 9.52. The molecule has 0 aromatic rings. The summed E-state index contributed by atoms with van der Waals surface area (Å²) in [7, 11) is 0. The van der Waals surface area contributed by atoms with Gasteiger partial charge in [-0.25, -0.2) is 9.59 Å². The van der Waals surface area contributed by atoms with Crippen LogP contribution >= 0.6 is 0 Å². The highest BCUT2D eigenvalue weighted by Gasteiger charge is 2.41. The monoisotopic (exact) mass is 430 g/mol. The Hall–Kier alpha value is -2.12. The molecule has 0 heterocycles. The summed E-state index contributed by atoms with van der Waals surface area (Å²) in [6, 6.07) is 0. The maximum atomic E-state index is 12.6. The highest BCUT2D eigenvalue weighted by atomic mass is 16.6. The number of carbonyl (C=O) groups excluding carboxylic acids is 3. The van der Waals surface area contributed by atoms with Crippen LogP contribution in [0, 0.1) is 5.92 Å². The van der Waals surface area contributed by atoms with Crippen LogP contribution in [-0.4, -0.2) is 47.8 Å². The number of aliphatic carboxylic acids is 1. The normalized spacial score (nSPS) is 13.7. The minimum absolute atomic E-state index is 0.0146. The van der Waals surface area contributed by atoms with Crippen LogP contribution in [0.25, 0.3) is 0 Å². The van der Waals surface area contributed by atoms with Gasteiger partial charge in [0, 0.05) is 12.8 Å². The van der Waals surface area contributed by atoms with E-state index in [9.17, 15) is 24.3 Å². The largest absolute Gasteiger partial charge is 0.478 e. The fourth-order valence-electron chi connectivity index (χ4n) is 2.70. The third-order valence-corrected chi connectivity index (χ3v) is 4.74. The van der Waals surface area contributed by atoms with Crippen LogP contribution < -0.4 is 0 Å². The SMILES string of the molecule is CCCCC(=O)O[C@@H](C(=O)O)[C@@H](OC(=O)CCCC)C(=O)OC[C@@H](CC)CCCC. The molecule has 0 aliphatic carbocycles. The lowest BCUT2D eigenvalue weighted by atomic mass is 10.0. The van der Waals surface area contributed by atoms with E-state index in [0.717, 1.165) is 38.5 Å². The number of unbranched alkanes of at least 4 members (excludes halogenated alkanes) is 3. The van der Waals surface area contributed by atoms with Gasteiger partial charge in [0.1, 0.15) is 0 Å². The molecule has 1 N–H and O–H groups in total. The fourth-order valence-corrected chi connectivity index (χ4v) is 2.70. The molecule has 0 aliphatic rings. The van der Waals surface area contributed by atoms with Crippen LogP contribution in [0.1, 0.15) is 91.9 Å².